The molecule has 0 spiro atoms. The van der Waals surface area contributed by atoms with Crippen molar-refractivity contribution >= 4 is 26.0 Å². The van der Waals surface area contributed by atoms with Crippen molar-refractivity contribution in [3.63, 3.8) is 0 Å². The van der Waals surface area contributed by atoms with Gasteiger partial charge in [0.05, 0.1) is 20.3 Å². The smallest absolute Gasteiger partial charge is 0.244 e. The summed E-state index contributed by atoms with van der Waals surface area (Å²) in [5, 5.41) is 9.22. The Bertz CT molecular complexity index is 583. The second-order valence-electron chi connectivity index (χ2n) is 4.11. The number of aliphatic hydroxyl groups is 1. The van der Waals surface area contributed by atoms with E-state index in [0.717, 1.165) is 0 Å². The molecular formula is C11H14BrNO5S. The highest BCUT2D eigenvalue weighted by Gasteiger charge is 2.37. The van der Waals surface area contributed by atoms with Crippen molar-refractivity contribution < 1.29 is 23.0 Å². The van der Waals surface area contributed by atoms with Gasteiger partial charge >= 0.3 is 0 Å². The van der Waals surface area contributed by atoms with E-state index in [1.807, 2.05) is 0 Å². The van der Waals surface area contributed by atoms with Crippen LogP contribution in [0.3, 0.4) is 0 Å². The van der Waals surface area contributed by atoms with Crippen LogP contribution in [0, 0.1) is 0 Å². The van der Waals surface area contributed by atoms with E-state index in [4.69, 9.17) is 9.47 Å². The molecule has 1 saturated heterocycles. The second-order valence-corrected chi connectivity index (χ2v) is 6.87. The lowest BCUT2D eigenvalue weighted by molar-refractivity contribution is 0.0547. The number of β-amino-alcohol motifs (C(OH)–C–C–N with tert-alkyl or cyclic N) is 1. The van der Waals surface area contributed by atoms with Crippen molar-refractivity contribution in [3.05, 3.63) is 16.6 Å². The first-order valence-corrected chi connectivity index (χ1v) is 7.73. The fourth-order valence-corrected chi connectivity index (χ4v) is 4.30. The topological polar surface area (TPSA) is 76.1 Å². The van der Waals surface area contributed by atoms with Crippen LogP contribution in [-0.4, -0.2) is 51.2 Å². The molecule has 0 aliphatic carbocycles. The Balaban J connectivity index is 2.45. The number of benzene rings is 1. The maximum absolute atomic E-state index is 12.3. The lowest BCUT2D eigenvalue weighted by Crippen LogP contribution is -2.53. The van der Waals surface area contributed by atoms with Crippen molar-refractivity contribution in [2.24, 2.45) is 0 Å². The van der Waals surface area contributed by atoms with Crippen LogP contribution in [0.4, 0.5) is 0 Å². The van der Waals surface area contributed by atoms with Gasteiger partial charge in [0.15, 0.2) is 11.5 Å². The fourth-order valence-electron chi connectivity index (χ4n) is 1.79. The number of nitrogens with zero attached hydrogens (tertiary/aromatic N) is 1. The third kappa shape index (κ3) is 2.58. The minimum atomic E-state index is -3.63. The standard InChI is InChI=1S/C11H14BrNO5S/c1-17-9-3-8(12)11(4-10(9)18-2)19(15,16)13-5-7(14)6-13/h3-4,7,14H,5-6H2,1-2H3. The van der Waals surface area contributed by atoms with Gasteiger partial charge in [-0.05, 0) is 22.0 Å². The summed E-state index contributed by atoms with van der Waals surface area (Å²) in [6.45, 7) is 0.228. The minimum Gasteiger partial charge on any atom is -0.493 e. The molecule has 106 valence electrons. The summed E-state index contributed by atoms with van der Waals surface area (Å²) in [6, 6.07) is 2.95. The highest BCUT2D eigenvalue weighted by Crippen LogP contribution is 2.37. The molecule has 6 nitrogen and oxygen atoms in total. The predicted molar refractivity (Wildman–Crippen MR) is 72.0 cm³/mol. The number of hydrogen-bond acceptors (Lipinski definition) is 5. The van der Waals surface area contributed by atoms with Gasteiger partial charge in [-0.3, -0.25) is 0 Å². The third-order valence-corrected chi connectivity index (χ3v) is 5.67. The Kier molecular flexibility index (Phi) is 4.05. The largest absolute Gasteiger partial charge is 0.493 e. The van der Waals surface area contributed by atoms with E-state index in [0.29, 0.717) is 16.0 Å². The van der Waals surface area contributed by atoms with Crippen LogP contribution >= 0.6 is 15.9 Å². The van der Waals surface area contributed by atoms with Crippen molar-refractivity contribution in [1.82, 2.24) is 4.31 Å². The first-order chi connectivity index (χ1) is 8.90. The molecule has 1 heterocycles. The van der Waals surface area contributed by atoms with Gasteiger partial charge in [0, 0.05) is 23.6 Å². The molecule has 1 aromatic carbocycles. The van der Waals surface area contributed by atoms with Crippen molar-refractivity contribution in [1.29, 1.82) is 0 Å². The number of halogens is 1. The van der Waals surface area contributed by atoms with Crippen molar-refractivity contribution in [2.75, 3.05) is 27.3 Å². The Labute approximate surface area is 120 Å². The summed E-state index contributed by atoms with van der Waals surface area (Å²) >= 11 is 3.22. The second kappa shape index (κ2) is 5.28. The molecule has 8 heteroatoms. The number of rotatable bonds is 4. The van der Waals surface area contributed by atoms with Gasteiger partial charge < -0.3 is 14.6 Å². The number of aliphatic hydroxyl groups excluding tert-OH is 1. The quantitative estimate of drug-likeness (QED) is 0.869. The number of methoxy groups -OCH3 is 2. The molecule has 1 fully saturated rings. The average molecular weight is 352 g/mol. The molecule has 0 bridgehead atoms. The monoisotopic (exact) mass is 351 g/mol. The normalized spacial score (nSPS) is 17.1. The molecule has 0 atom stereocenters. The van der Waals surface area contributed by atoms with Gasteiger partial charge in [-0.2, -0.15) is 4.31 Å². The summed E-state index contributed by atoms with van der Waals surface area (Å²) in [4.78, 5) is 0.0945. The maximum atomic E-state index is 12.3. The van der Waals surface area contributed by atoms with Crippen molar-refractivity contribution in [2.45, 2.75) is 11.0 Å². The third-order valence-electron chi connectivity index (χ3n) is 2.88. The van der Waals surface area contributed by atoms with E-state index in [9.17, 15) is 13.5 Å². The SMILES string of the molecule is COc1cc(Br)c(S(=O)(=O)N2CC(O)C2)cc1OC. The molecule has 19 heavy (non-hydrogen) atoms. The Morgan fingerprint density at radius 3 is 2.26 bits per heavy atom. The van der Waals surface area contributed by atoms with Gasteiger partial charge in [0.2, 0.25) is 10.0 Å². The fraction of sp³-hybridized carbons (Fsp3) is 0.455. The van der Waals surface area contributed by atoms with Crippen LogP contribution < -0.4 is 9.47 Å². The number of sulfonamides is 1. The molecule has 1 aliphatic heterocycles. The molecular weight excluding hydrogens is 338 g/mol. The molecule has 1 aliphatic rings. The summed E-state index contributed by atoms with van der Waals surface area (Å²) in [7, 11) is -0.716. The molecule has 2 rings (SSSR count). The van der Waals surface area contributed by atoms with Gasteiger partial charge in [-0.25, -0.2) is 8.42 Å². The van der Waals surface area contributed by atoms with E-state index >= 15 is 0 Å². The minimum absolute atomic E-state index is 0.0945. The molecule has 0 radical (unpaired) electrons. The van der Waals surface area contributed by atoms with Crippen LogP contribution in [-0.2, 0) is 10.0 Å². The summed E-state index contributed by atoms with van der Waals surface area (Å²) in [6.07, 6.45) is -0.589. The van der Waals surface area contributed by atoms with Crippen LogP contribution in [0.1, 0.15) is 0 Å². The van der Waals surface area contributed by atoms with E-state index in [-0.39, 0.29) is 18.0 Å². The van der Waals surface area contributed by atoms with Gasteiger partial charge in [0.25, 0.3) is 0 Å². The lowest BCUT2D eigenvalue weighted by atomic mass is 10.2. The van der Waals surface area contributed by atoms with Crippen LogP contribution in [0.15, 0.2) is 21.5 Å². The lowest BCUT2D eigenvalue weighted by Gasteiger charge is -2.34. The predicted octanol–water partition coefficient (Wildman–Crippen LogP) is 0.831. The van der Waals surface area contributed by atoms with E-state index in [2.05, 4.69) is 15.9 Å². The highest BCUT2D eigenvalue weighted by molar-refractivity contribution is 9.10. The van der Waals surface area contributed by atoms with E-state index in [1.165, 1.54) is 24.6 Å². The Morgan fingerprint density at radius 1 is 1.26 bits per heavy atom. The molecule has 0 aromatic heterocycles. The zero-order chi connectivity index (χ0) is 14.2. The zero-order valence-corrected chi connectivity index (χ0v) is 12.9. The summed E-state index contributed by atoms with van der Waals surface area (Å²) < 4.78 is 36.5. The van der Waals surface area contributed by atoms with Crippen LogP contribution in [0.5, 0.6) is 11.5 Å². The van der Waals surface area contributed by atoms with Gasteiger partial charge in [0.1, 0.15) is 4.90 Å². The summed E-state index contributed by atoms with van der Waals surface area (Å²) in [5.74, 6) is 0.780. The van der Waals surface area contributed by atoms with Gasteiger partial charge in [-0.15, -0.1) is 0 Å². The van der Waals surface area contributed by atoms with Crippen LogP contribution in [0.25, 0.3) is 0 Å². The molecule has 1 N–H and O–H groups in total. The number of ether oxygens (including phenoxy) is 2. The molecule has 1 aromatic rings. The first-order valence-electron chi connectivity index (χ1n) is 5.50. The Hall–Kier alpha value is -0.830. The van der Waals surface area contributed by atoms with Crippen molar-refractivity contribution in [3.8, 4) is 11.5 Å². The first kappa shape index (κ1) is 14.6. The van der Waals surface area contributed by atoms with Crippen LogP contribution in [0.2, 0.25) is 0 Å². The Morgan fingerprint density at radius 2 is 1.79 bits per heavy atom. The highest BCUT2D eigenvalue weighted by atomic mass is 79.9. The van der Waals surface area contributed by atoms with E-state index in [1.54, 1.807) is 6.07 Å². The maximum Gasteiger partial charge on any atom is 0.244 e. The molecule has 0 unspecified atom stereocenters. The summed E-state index contributed by atoms with van der Waals surface area (Å²) in [5.41, 5.74) is 0. The van der Waals surface area contributed by atoms with Gasteiger partial charge in [-0.1, -0.05) is 0 Å². The van der Waals surface area contributed by atoms with E-state index < -0.39 is 16.1 Å². The molecule has 0 amide bonds. The number of hydrogen-bond donors (Lipinski definition) is 1. The molecule has 0 saturated carbocycles. The average Bonchev–Trinajstić information content (AvgIpc) is 2.34. The zero-order valence-electron chi connectivity index (χ0n) is 10.5.